The Bertz CT molecular complexity index is 468. The average molecular weight is 291 g/mol. The standard InChI is InChI=1S/C17H29N3O/c1-13(2)12-16(8-6-7-9-16)15-19-14(20-21-15)17(18)10-4-3-5-11-17/h13H,3-12,18H2,1-2H3. The smallest absolute Gasteiger partial charge is 0.232 e. The predicted molar refractivity (Wildman–Crippen MR) is 82.8 cm³/mol. The lowest BCUT2D eigenvalue weighted by Crippen LogP contribution is -2.40. The van der Waals surface area contributed by atoms with Crippen molar-refractivity contribution in [3.05, 3.63) is 11.7 Å². The van der Waals surface area contributed by atoms with Gasteiger partial charge in [0.1, 0.15) is 0 Å². The van der Waals surface area contributed by atoms with Crippen LogP contribution in [0.2, 0.25) is 0 Å². The van der Waals surface area contributed by atoms with Gasteiger partial charge in [-0.1, -0.05) is 51.1 Å². The Hall–Kier alpha value is -0.900. The van der Waals surface area contributed by atoms with Crippen LogP contribution < -0.4 is 5.73 Å². The second-order valence-electron chi connectivity index (χ2n) is 7.73. The molecule has 3 rings (SSSR count). The van der Waals surface area contributed by atoms with Gasteiger partial charge in [-0.3, -0.25) is 0 Å². The molecule has 2 N–H and O–H groups in total. The molecule has 0 unspecified atom stereocenters. The van der Waals surface area contributed by atoms with Gasteiger partial charge in [-0.05, 0) is 38.0 Å². The molecule has 4 heteroatoms. The maximum absolute atomic E-state index is 6.55. The minimum Gasteiger partial charge on any atom is -0.339 e. The van der Waals surface area contributed by atoms with Crippen LogP contribution in [-0.2, 0) is 11.0 Å². The van der Waals surface area contributed by atoms with Gasteiger partial charge in [-0.15, -0.1) is 0 Å². The van der Waals surface area contributed by atoms with Gasteiger partial charge in [0.15, 0.2) is 5.82 Å². The Kier molecular flexibility index (Phi) is 4.08. The summed E-state index contributed by atoms with van der Waals surface area (Å²) in [7, 11) is 0. The maximum Gasteiger partial charge on any atom is 0.232 e. The summed E-state index contributed by atoms with van der Waals surface area (Å²) < 4.78 is 5.73. The first-order valence-electron chi connectivity index (χ1n) is 8.68. The predicted octanol–water partition coefficient (Wildman–Crippen LogP) is 4.05. The van der Waals surface area contributed by atoms with Gasteiger partial charge in [0.2, 0.25) is 5.89 Å². The van der Waals surface area contributed by atoms with Crippen molar-refractivity contribution in [3.8, 4) is 0 Å². The molecular formula is C17H29N3O. The van der Waals surface area contributed by atoms with Crippen molar-refractivity contribution in [3.63, 3.8) is 0 Å². The Morgan fingerprint density at radius 3 is 2.29 bits per heavy atom. The van der Waals surface area contributed by atoms with Crippen LogP contribution in [0.25, 0.3) is 0 Å². The number of hydrogen-bond acceptors (Lipinski definition) is 4. The van der Waals surface area contributed by atoms with E-state index in [1.54, 1.807) is 0 Å². The lowest BCUT2D eigenvalue weighted by molar-refractivity contribution is 0.238. The lowest BCUT2D eigenvalue weighted by Gasteiger charge is -2.30. The Morgan fingerprint density at radius 1 is 1.05 bits per heavy atom. The topological polar surface area (TPSA) is 64.9 Å². The van der Waals surface area contributed by atoms with E-state index in [1.165, 1.54) is 44.9 Å². The number of hydrogen-bond donors (Lipinski definition) is 1. The molecule has 118 valence electrons. The highest BCUT2D eigenvalue weighted by Crippen LogP contribution is 2.45. The summed E-state index contributed by atoms with van der Waals surface area (Å²) in [5.41, 5.74) is 6.32. The molecule has 0 saturated heterocycles. The van der Waals surface area contributed by atoms with E-state index in [0.717, 1.165) is 31.0 Å². The van der Waals surface area contributed by atoms with Crippen LogP contribution in [0, 0.1) is 5.92 Å². The lowest BCUT2D eigenvalue weighted by atomic mass is 9.78. The fourth-order valence-corrected chi connectivity index (χ4v) is 4.39. The van der Waals surface area contributed by atoms with Crippen molar-refractivity contribution >= 4 is 0 Å². The average Bonchev–Trinajstić information content (AvgIpc) is 3.08. The zero-order chi connectivity index (χ0) is 14.9. The van der Waals surface area contributed by atoms with E-state index < -0.39 is 0 Å². The molecule has 2 aliphatic carbocycles. The monoisotopic (exact) mass is 291 g/mol. The van der Waals surface area contributed by atoms with Gasteiger partial charge in [0.05, 0.1) is 5.54 Å². The third-order valence-electron chi connectivity index (χ3n) is 5.43. The van der Waals surface area contributed by atoms with Crippen molar-refractivity contribution in [2.75, 3.05) is 0 Å². The van der Waals surface area contributed by atoms with Gasteiger partial charge < -0.3 is 10.3 Å². The summed E-state index contributed by atoms with van der Waals surface area (Å²) >= 11 is 0. The number of nitrogens with two attached hydrogens (primary N) is 1. The molecule has 1 aromatic heterocycles. The normalized spacial score (nSPS) is 24.6. The molecule has 0 atom stereocenters. The second-order valence-corrected chi connectivity index (χ2v) is 7.73. The molecule has 0 aliphatic heterocycles. The minimum absolute atomic E-state index is 0.116. The largest absolute Gasteiger partial charge is 0.339 e. The maximum atomic E-state index is 6.55. The Labute approximate surface area is 127 Å². The van der Waals surface area contributed by atoms with E-state index in [4.69, 9.17) is 15.2 Å². The fourth-order valence-electron chi connectivity index (χ4n) is 4.39. The summed E-state index contributed by atoms with van der Waals surface area (Å²) in [6, 6.07) is 0. The van der Waals surface area contributed by atoms with Crippen molar-refractivity contribution in [1.82, 2.24) is 10.1 Å². The highest BCUT2D eigenvalue weighted by atomic mass is 16.5. The second kappa shape index (κ2) is 5.71. The van der Waals surface area contributed by atoms with E-state index in [9.17, 15) is 0 Å². The molecular weight excluding hydrogens is 262 g/mol. The molecule has 0 radical (unpaired) electrons. The van der Waals surface area contributed by atoms with Crippen LogP contribution in [0.1, 0.15) is 89.8 Å². The fraction of sp³-hybridized carbons (Fsp3) is 0.882. The molecule has 0 spiro atoms. The molecule has 21 heavy (non-hydrogen) atoms. The third-order valence-corrected chi connectivity index (χ3v) is 5.43. The molecule has 4 nitrogen and oxygen atoms in total. The minimum atomic E-state index is -0.350. The van der Waals surface area contributed by atoms with Crippen molar-refractivity contribution in [2.24, 2.45) is 11.7 Å². The highest BCUT2D eigenvalue weighted by Gasteiger charge is 2.43. The first-order chi connectivity index (χ1) is 10.0. The molecule has 2 saturated carbocycles. The van der Waals surface area contributed by atoms with E-state index in [-0.39, 0.29) is 11.0 Å². The van der Waals surface area contributed by atoms with E-state index >= 15 is 0 Å². The van der Waals surface area contributed by atoms with Crippen molar-refractivity contribution in [1.29, 1.82) is 0 Å². The van der Waals surface area contributed by atoms with E-state index in [0.29, 0.717) is 5.92 Å². The first kappa shape index (κ1) is 15.0. The van der Waals surface area contributed by atoms with Gasteiger partial charge in [0, 0.05) is 5.41 Å². The summed E-state index contributed by atoms with van der Waals surface area (Å²) in [5, 5.41) is 4.30. The molecule has 0 aromatic carbocycles. The molecule has 0 bridgehead atoms. The third kappa shape index (κ3) is 2.87. The molecule has 1 heterocycles. The van der Waals surface area contributed by atoms with Gasteiger partial charge in [-0.2, -0.15) is 4.98 Å². The molecule has 2 fully saturated rings. The zero-order valence-corrected chi connectivity index (χ0v) is 13.5. The number of aromatic nitrogens is 2. The number of rotatable bonds is 4. The summed E-state index contributed by atoms with van der Waals surface area (Å²) in [6.07, 6.45) is 11.7. The molecule has 0 amide bonds. The Morgan fingerprint density at radius 2 is 1.67 bits per heavy atom. The molecule has 1 aromatic rings. The quantitative estimate of drug-likeness (QED) is 0.909. The van der Waals surface area contributed by atoms with E-state index in [2.05, 4.69) is 19.0 Å². The number of nitrogens with zero attached hydrogens (tertiary/aromatic N) is 2. The van der Waals surface area contributed by atoms with Crippen LogP contribution >= 0.6 is 0 Å². The summed E-state index contributed by atoms with van der Waals surface area (Å²) in [6.45, 7) is 4.56. The SMILES string of the molecule is CC(C)CC1(c2nc(C3(N)CCCCC3)no2)CCCC1. The van der Waals surface area contributed by atoms with Gasteiger partial charge in [-0.25, -0.2) is 0 Å². The van der Waals surface area contributed by atoms with Crippen LogP contribution in [0.5, 0.6) is 0 Å². The summed E-state index contributed by atoms with van der Waals surface area (Å²) in [5.74, 6) is 2.27. The Balaban J connectivity index is 1.85. The van der Waals surface area contributed by atoms with Crippen LogP contribution in [0.4, 0.5) is 0 Å². The van der Waals surface area contributed by atoms with Crippen molar-refractivity contribution < 1.29 is 4.52 Å². The van der Waals surface area contributed by atoms with Crippen LogP contribution in [0.15, 0.2) is 4.52 Å². The summed E-state index contributed by atoms with van der Waals surface area (Å²) in [4.78, 5) is 4.81. The van der Waals surface area contributed by atoms with Crippen LogP contribution in [-0.4, -0.2) is 10.1 Å². The highest BCUT2D eigenvalue weighted by molar-refractivity contribution is 5.12. The van der Waals surface area contributed by atoms with Gasteiger partial charge in [0.25, 0.3) is 0 Å². The zero-order valence-electron chi connectivity index (χ0n) is 13.5. The van der Waals surface area contributed by atoms with Crippen LogP contribution in [0.3, 0.4) is 0 Å². The molecule has 2 aliphatic rings. The van der Waals surface area contributed by atoms with Gasteiger partial charge >= 0.3 is 0 Å². The first-order valence-corrected chi connectivity index (χ1v) is 8.68. The van der Waals surface area contributed by atoms with Crippen molar-refractivity contribution in [2.45, 2.75) is 89.0 Å². The van der Waals surface area contributed by atoms with E-state index in [1.807, 2.05) is 0 Å².